The zero-order chi connectivity index (χ0) is 36.1. The van der Waals surface area contributed by atoms with Gasteiger partial charge in [-0.2, -0.15) is 4.98 Å². The van der Waals surface area contributed by atoms with Gasteiger partial charge in [0.25, 0.3) is 0 Å². The largest absolute Gasteiger partial charge is 0.479 e. The lowest BCUT2D eigenvalue weighted by Crippen LogP contribution is -2.47. The van der Waals surface area contributed by atoms with Crippen LogP contribution in [-0.2, 0) is 32.9 Å². The van der Waals surface area contributed by atoms with Gasteiger partial charge < -0.3 is 33.7 Å². The van der Waals surface area contributed by atoms with Crippen LogP contribution in [0.15, 0.2) is 6.33 Å². The van der Waals surface area contributed by atoms with E-state index in [0.29, 0.717) is 17.0 Å². The molecule has 0 radical (unpaired) electrons. The van der Waals surface area contributed by atoms with E-state index in [2.05, 4.69) is 25.1 Å². The van der Waals surface area contributed by atoms with E-state index in [9.17, 15) is 24.4 Å². The molecule has 0 spiro atoms. The molecular formula is C31H53N6O10P. The highest BCUT2D eigenvalue weighted by atomic mass is 31.2. The zero-order valence-corrected chi connectivity index (χ0v) is 30.7. The third kappa shape index (κ3) is 9.93. The van der Waals surface area contributed by atoms with Gasteiger partial charge in [0.15, 0.2) is 17.4 Å². The standard InChI is InChI=1S/C31H53N6O10P/c1-16(2)12-21(28(39)45-18(5)6)35-48(42,36-22(13-17(3)4)29(40)46-19(7)8)44-14-23-25(38)31(10,41)30(47-23)37-15-32-24-26(37)33-20(9)34-27(24)43-11/h15-19,21-23,25,30,38,41H,12-14H2,1-11H3,(H2,35,36,42)/t21?,22?,23-,25+,30-,31?,48?/m1/s1. The molecule has 3 heterocycles. The number of hydrogen-bond donors (Lipinski definition) is 4. The average molecular weight is 701 g/mol. The van der Waals surface area contributed by atoms with Crippen LogP contribution in [0.1, 0.15) is 87.2 Å². The number of aryl methyl sites for hydroxylation is 1. The van der Waals surface area contributed by atoms with E-state index in [0.717, 1.165) is 0 Å². The number of aliphatic hydroxyl groups excluding tert-OH is 1. The van der Waals surface area contributed by atoms with Crippen molar-refractivity contribution in [3.63, 3.8) is 0 Å². The lowest BCUT2D eigenvalue weighted by molar-refractivity contribution is -0.150. The SMILES string of the molecule is COc1nc(C)nc2c1ncn2[C@@H]1O[C@H](COP(=O)(NC(CC(C)C)C(=O)OC(C)C)NC(CC(C)C)C(=O)OC(C)C)[C@H](O)C1(C)O. The number of aromatic nitrogens is 4. The van der Waals surface area contributed by atoms with Crippen LogP contribution in [-0.4, -0.2) is 97.5 Å². The second kappa shape index (κ2) is 16.3. The van der Waals surface area contributed by atoms with Gasteiger partial charge in [0, 0.05) is 0 Å². The van der Waals surface area contributed by atoms with Gasteiger partial charge in [-0.1, -0.05) is 27.7 Å². The summed E-state index contributed by atoms with van der Waals surface area (Å²) in [5.41, 5.74) is -1.27. The van der Waals surface area contributed by atoms with Crippen molar-refractivity contribution in [1.82, 2.24) is 29.7 Å². The van der Waals surface area contributed by atoms with Crippen LogP contribution in [0.5, 0.6) is 5.88 Å². The Morgan fingerprint density at radius 1 is 1.00 bits per heavy atom. The van der Waals surface area contributed by atoms with Crippen LogP contribution >= 0.6 is 7.67 Å². The molecule has 272 valence electrons. The number of nitrogens with one attached hydrogen (secondary N) is 2. The summed E-state index contributed by atoms with van der Waals surface area (Å²) in [6, 6.07) is -2.15. The molecular weight excluding hydrogens is 647 g/mol. The fourth-order valence-electron chi connectivity index (χ4n) is 5.36. The minimum atomic E-state index is -4.33. The first-order valence-electron chi connectivity index (χ1n) is 16.3. The van der Waals surface area contributed by atoms with E-state index >= 15 is 0 Å². The molecule has 0 aromatic carbocycles. The fraction of sp³-hybridized carbons (Fsp3) is 0.774. The second-order valence-corrected chi connectivity index (χ2v) is 15.6. The minimum Gasteiger partial charge on any atom is -0.479 e. The number of aliphatic hydroxyl groups is 2. The minimum absolute atomic E-state index is 0.0139. The molecule has 0 bridgehead atoms. The van der Waals surface area contributed by atoms with Crippen molar-refractivity contribution in [1.29, 1.82) is 0 Å². The van der Waals surface area contributed by atoms with E-state index < -0.39 is 74.5 Å². The van der Waals surface area contributed by atoms with E-state index in [1.165, 1.54) is 24.9 Å². The van der Waals surface area contributed by atoms with E-state index in [1.54, 1.807) is 34.6 Å². The molecule has 0 amide bonds. The van der Waals surface area contributed by atoms with E-state index in [4.69, 9.17) is 23.5 Å². The maximum atomic E-state index is 14.7. The molecule has 17 heteroatoms. The summed E-state index contributed by atoms with van der Waals surface area (Å²) >= 11 is 0. The number of nitrogens with zero attached hydrogens (tertiary/aromatic N) is 4. The van der Waals surface area contributed by atoms with Gasteiger partial charge in [-0.3, -0.25) is 18.7 Å². The van der Waals surface area contributed by atoms with Crippen molar-refractivity contribution < 1.29 is 47.8 Å². The Morgan fingerprint density at radius 3 is 1.98 bits per heavy atom. The molecule has 1 fully saturated rings. The molecule has 2 aromatic heterocycles. The molecule has 0 saturated carbocycles. The van der Waals surface area contributed by atoms with Crippen LogP contribution in [0, 0.1) is 18.8 Å². The van der Waals surface area contributed by atoms with Gasteiger partial charge in [0.05, 0.1) is 32.3 Å². The fourth-order valence-corrected chi connectivity index (χ4v) is 7.18. The summed E-state index contributed by atoms with van der Waals surface area (Å²) in [5.74, 6) is -0.703. The summed E-state index contributed by atoms with van der Waals surface area (Å²) in [4.78, 5) is 39.3. The second-order valence-electron chi connectivity index (χ2n) is 13.7. The highest BCUT2D eigenvalue weighted by Crippen LogP contribution is 2.45. The number of hydrogen-bond acceptors (Lipinski definition) is 13. The Labute approximate surface area is 282 Å². The van der Waals surface area contributed by atoms with Gasteiger partial charge in [-0.05, 0) is 66.2 Å². The number of fused-ring (bicyclic) bond motifs is 1. The molecule has 48 heavy (non-hydrogen) atoms. The van der Waals surface area contributed by atoms with Crippen molar-refractivity contribution >= 4 is 30.8 Å². The Morgan fingerprint density at radius 2 is 1.52 bits per heavy atom. The maximum absolute atomic E-state index is 14.7. The summed E-state index contributed by atoms with van der Waals surface area (Å²) in [6.07, 6.45) is -2.96. The summed E-state index contributed by atoms with van der Waals surface area (Å²) < 4.78 is 44.5. The number of imidazole rings is 1. The summed E-state index contributed by atoms with van der Waals surface area (Å²) in [5, 5.41) is 28.4. The molecule has 3 unspecified atom stereocenters. The smallest absolute Gasteiger partial charge is 0.342 e. The molecule has 1 saturated heterocycles. The van der Waals surface area contributed by atoms with Gasteiger partial charge in [0.2, 0.25) is 5.88 Å². The van der Waals surface area contributed by atoms with E-state index in [1.807, 2.05) is 27.7 Å². The van der Waals surface area contributed by atoms with Crippen molar-refractivity contribution in [2.75, 3.05) is 13.7 Å². The van der Waals surface area contributed by atoms with Crippen LogP contribution in [0.25, 0.3) is 11.2 Å². The van der Waals surface area contributed by atoms with Crippen molar-refractivity contribution in [2.24, 2.45) is 11.8 Å². The highest BCUT2D eigenvalue weighted by Gasteiger charge is 2.54. The number of carbonyl (C=O) groups excluding carboxylic acids is 2. The normalized spacial score (nSPS) is 24.0. The van der Waals surface area contributed by atoms with Crippen LogP contribution in [0.3, 0.4) is 0 Å². The lowest BCUT2D eigenvalue weighted by atomic mass is 9.96. The topological polar surface area (TPSA) is 205 Å². The Balaban J connectivity index is 1.96. The Hall–Kier alpha value is -2.72. The first-order chi connectivity index (χ1) is 22.3. The zero-order valence-electron chi connectivity index (χ0n) is 29.8. The first-order valence-corrected chi connectivity index (χ1v) is 17.9. The van der Waals surface area contributed by atoms with E-state index in [-0.39, 0.29) is 30.6 Å². The van der Waals surface area contributed by atoms with Crippen molar-refractivity contribution in [3.8, 4) is 5.88 Å². The molecule has 16 nitrogen and oxygen atoms in total. The monoisotopic (exact) mass is 700 g/mol. The first kappa shape index (κ1) is 39.7. The predicted octanol–water partition coefficient (Wildman–Crippen LogP) is 3.19. The number of carbonyl (C=O) groups is 2. The highest BCUT2D eigenvalue weighted by molar-refractivity contribution is 7.54. The average Bonchev–Trinajstić information content (AvgIpc) is 3.46. The number of rotatable bonds is 17. The molecule has 4 N–H and O–H groups in total. The molecule has 1 aliphatic rings. The number of methoxy groups -OCH3 is 1. The Kier molecular flexibility index (Phi) is 13.5. The predicted molar refractivity (Wildman–Crippen MR) is 176 cm³/mol. The number of esters is 2. The Bertz CT molecular complexity index is 1410. The van der Waals surface area contributed by atoms with Gasteiger partial charge in [-0.15, -0.1) is 0 Å². The number of ether oxygens (including phenoxy) is 4. The quantitative estimate of drug-likeness (QED) is 0.138. The molecule has 6 atom stereocenters. The third-order valence-corrected chi connectivity index (χ3v) is 9.28. The van der Waals surface area contributed by atoms with Crippen molar-refractivity contribution in [3.05, 3.63) is 12.2 Å². The van der Waals surface area contributed by atoms with Crippen LogP contribution in [0.4, 0.5) is 0 Å². The van der Waals surface area contributed by atoms with Gasteiger partial charge in [0.1, 0.15) is 35.7 Å². The molecule has 0 aliphatic carbocycles. The van der Waals surface area contributed by atoms with Crippen molar-refractivity contribution in [2.45, 2.75) is 130 Å². The summed E-state index contributed by atoms with van der Waals surface area (Å²) in [6.45, 7) is 16.9. The summed E-state index contributed by atoms with van der Waals surface area (Å²) in [7, 11) is -2.88. The van der Waals surface area contributed by atoms with Crippen LogP contribution < -0.4 is 14.9 Å². The van der Waals surface area contributed by atoms with Gasteiger partial charge in [-0.25, -0.2) is 20.1 Å². The van der Waals surface area contributed by atoms with Crippen LogP contribution in [0.2, 0.25) is 0 Å². The third-order valence-electron chi connectivity index (χ3n) is 7.46. The lowest BCUT2D eigenvalue weighted by Gasteiger charge is -2.31. The molecule has 3 rings (SSSR count). The maximum Gasteiger partial charge on any atom is 0.342 e. The van der Waals surface area contributed by atoms with Gasteiger partial charge >= 0.3 is 19.6 Å². The molecule has 1 aliphatic heterocycles. The molecule has 2 aromatic rings.